The van der Waals surface area contributed by atoms with E-state index in [4.69, 9.17) is 5.73 Å². The molecule has 0 bridgehead atoms. The molecule has 82 valence electrons. The van der Waals surface area contributed by atoms with Gasteiger partial charge in [0.15, 0.2) is 0 Å². The second kappa shape index (κ2) is 5.14. The van der Waals surface area contributed by atoms with Crippen molar-refractivity contribution in [3.8, 4) is 0 Å². The van der Waals surface area contributed by atoms with Gasteiger partial charge in [0.05, 0.1) is 17.6 Å². The van der Waals surface area contributed by atoms with Crippen molar-refractivity contribution in [1.29, 1.82) is 0 Å². The maximum Gasteiger partial charge on any atom is 0.312 e. The lowest BCUT2D eigenvalue weighted by Gasteiger charge is -2.06. The van der Waals surface area contributed by atoms with E-state index >= 15 is 0 Å². The fraction of sp³-hybridized carbons (Fsp3) is 0.444. The molecule has 1 rings (SSSR count). The number of amides is 2. The van der Waals surface area contributed by atoms with Crippen LogP contribution in [-0.4, -0.2) is 29.1 Å². The number of rotatable bonds is 4. The van der Waals surface area contributed by atoms with Gasteiger partial charge in [-0.15, -0.1) is 0 Å². The average molecular weight is 209 g/mol. The van der Waals surface area contributed by atoms with Crippen molar-refractivity contribution >= 4 is 11.8 Å². The minimum Gasteiger partial charge on any atom is -0.367 e. The summed E-state index contributed by atoms with van der Waals surface area (Å²) in [6.07, 6.45) is 1.66. The molecular weight excluding hydrogens is 194 g/mol. The molecule has 4 N–H and O–H groups in total. The van der Waals surface area contributed by atoms with Gasteiger partial charge in [0.2, 0.25) is 0 Å². The van der Waals surface area contributed by atoms with E-state index in [1.807, 2.05) is 13.8 Å². The molecule has 0 unspecified atom stereocenters. The lowest BCUT2D eigenvalue weighted by atomic mass is 10.3. The summed E-state index contributed by atoms with van der Waals surface area (Å²) in [6.45, 7) is 4.83. The normalized spacial score (nSPS) is 9.73. The van der Waals surface area contributed by atoms with E-state index in [2.05, 4.69) is 20.6 Å². The van der Waals surface area contributed by atoms with Crippen molar-refractivity contribution in [2.75, 3.05) is 18.4 Å². The minimum absolute atomic E-state index is 0.462. The summed E-state index contributed by atoms with van der Waals surface area (Å²) in [5.74, 6) is 0.698. The Balaban J connectivity index is 2.38. The highest BCUT2D eigenvalue weighted by atomic mass is 16.2. The van der Waals surface area contributed by atoms with Crippen molar-refractivity contribution < 1.29 is 4.79 Å². The Morgan fingerprint density at radius 1 is 1.40 bits per heavy atom. The van der Waals surface area contributed by atoms with Crippen molar-refractivity contribution in [2.24, 2.45) is 5.73 Å². The highest BCUT2D eigenvalue weighted by Gasteiger charge is 1.98. The average Bonchev–Trinajstić information content (AvgIpc) is 2.18. The second-order valence-corrected chi connectivity index (χ2v) is 3.14. The van der Waals surface area contributed by atoms with E-state index in [1.54, 1.807) is 6.20 Å². The molecule has 0 spiro atoms. The van der Waals surface area contributed by atoms with Crippen LogP contribution in [0.1, 0.15) is 11.4 Å². The predicted molar refractivity (Wildman–Crippen MR) is 57.6 cm³/mol. The maximum absolute atomic E-state index is 10.4. The highest BCUT2D eigenvalue weighted by molar-refractivity contribution is 5.71. The van der Waals surface area contributed by atoms with Crippen LogP contribution in [0.5, 0.6) is 0 Å². The SMILES string of the molecule is Cc1ncc(NCCNC(N)=O)nc1C. The molecule has 0 radical (unpaired) electrons. The Hall–Kier alpha value is -1.85. The fourth-order valence-corrected chi connectivity index (χ4v) is 1.00. The first-order valence-corrected chi connectivity index (χ1v) is 4.67. The van der Waals surface area contributed by atoms with Gasteiger partial charge >= 0.3 is 6.03 Å². The van der Waals surface area contributed by atoms with Gasteiger partial charge in [0.25, 0.3) is 0 Å². The quantitative estimate of drug-likeness (QED) is 0.616. The molecule has 0 saturated carbocycles. The van der Waals surface area contributed by atoms with Gasteiger partial charge in [-0.2, -0.15) is 0 Å². The maximum atomic E-state index is 10.4. The molecule has 0 fully saturated rings. The predicted octanol–water partition coefficient (Wildman–Crippen LogP) is 0.174. The number of nitrogens with two attached hydrogens (primary N) is 1. The smallest absolute Gasteiger partial charge is 0.312 e. The van der Waals surface area contributed by atoms with Crippen LogP contribution < -0.4 is 16.4 Å². The summed E-state index contributed by atoms with van der Waals surface area (Å²) in [6, 6.07) is -0.525. The van der Waals surface area contributed by atoms with Crippen LogP contribution >= 0.6 is 0 Å². The van der Waals surface area contributed by atoms with Crippen LogP contribution in [0.4, 0.5) is 10.6 Å². The number of nitrogens with zero attached hydrogens (tertiary/aromatic N) is 2. The molecule has 0 atom stereocenters. The van der Waals surface area contributed by atoms with Crippen LogP contribution in [0.2, 0.25) is 0 Å². The summed E-state index contributed by atoms with van der Waals surface area (Å²) in [5, 5.41) is 5.49. The third kappa shape index (κ3) is 3.80. The summed E-state index contributed by atoms with van der Waals surface area (Å²) in [7, 11) is 0. The van der Waals surface area contributed by atoms with Gasteiger partial charge < -0.3 is 16.4 Å². The first-order chi connectivity index (χ1) is 7.09. The Labute approximate surface area is 88.3 Å². The number of carbonyl (C=O) groups is 1. The third-order valence-electron chi connectivity index (χ3n) is 1.92. The minimum atomic E-state index is -0.525. The second-order valence-electron chi connectivity index (χ2n) is 3.14. The Morgan fingerprint density at radius 2 is 2.13 bits per heavy atom. The molecule has 0 aliphatic carbocycles. The summed E-state index contributed by atoms with van der Waals surface area (Å²) < 4.78 is 0. The zero-order valence-electron chi connectivity index (χ0n) is 8.87. The number of aromatic nitrogens is 2. The van der Waals surface area contributed by atoms with Crippen molar-refractivity contribution in [3.05, 3.63) is 17.6 Å². The molecule has 6 nitrogen and oxygen atoms in total. The van der Waals surface area contributed by atoms with E-state index in [0.29, 0.717) is 18.9 Å². The summed E-state index contributed by atoms with van der Waals surface area (Å²) in [4.78, 5) is 18.8. The largest absolute Gasteiger partial charge is 0.367 e. The number of primary amides is 1. The Kier molecular flexibility index (Phi) is 3.84. The third-order valence-corrected chi connectivity index (χ3v) is 1.92. The standard InChI is InChI=1S/C9H15N5O/c1-6-7(2)14-8(5-13-6)11-3-4-12-9(10)15/h5H,3-4H2,1-2H3,(H,11,14)(H3,10,12,15). The number of hydrogen-bond acceptors (Lipinski definition) is 4. The van der Waals surface area contributed by atoms with Gasteiger partial charge in [-0.1, -0.05) is 0 Å². The molecular formula is C9H15N5O. The van der Waals surface area contributed by atoms with E-state index in [0.717, 1.165) is 11.4 Å². The number of urea groups is 1. The number of nitrogens with one attached hydrogen (secondary N) is 2. The number of carbonyl (C=O) groups excluding carboxylic acids is 1. The Morgan fingerprint density at radius 3 is 2.73 bits per heavy atom. The molecule has 15 heavy (non-hydrogen) atoms. The van der Waals surface area contributed by atoms with Crippen LogP contribution in [0.25, 0.3) is 0 Å². The molecule has 1 heterocycles. The Bertz CT molecular complexity index is 352. The highest BCUT2D eigenvalue weighted by Crippen LogP contribution is 2.04. The van der Waals surface area contributed by atoms with Gasteiger partial charge in [-0.25, -0.2) is 9.78 Å². The van der Waals surface area contributed by atoms with E-state index in [9.17, 15) is 4.79 Å². The molecule has 0 aliphatic heterocycles. The molecule has 6 heteroatoms. The summed E-state index contributed by atoms with van der Waals surface area (Å²) >= 11 is 0. The molecule has 0 aliphatic rings. The van der Waals surface area contributed by atoms with Gasteiger partial charge in [0.1, 0.15) is 5.82 Å². The van der Waals surface area contributed by atoms with Crippen LogP contribution in [-0.2, 0) is 0 Å². The molecule has 2 amide bonds. The van der Waals surface area contributed by atoms with E-state index in [-0.39, 0.29) is 0 Å². The lowest BCUT2D eigenvalue weighted by Crippen LogP contribution is -2.33. The summed E-state index contributed by atoms with van der Waals surface area (Å²) in [5.41, 5.74) is 6.71. The van der Waals surface area contributed by atoms with Crippen molar-refractivity contribution in [1.82, 2.24) is 15.3 Å². The van der Waals surface area contributed by atoms with Gasteiger partial charge in [-0.3, -0.25) is 4.98 Å². The zero-order valence-corrected chi connectivity index (χ0v) is 8.87. The number of anilines is 1. The fourth-order valence-electron chi connectivity index (χ4n) is 1.00. The molecule has 1 aromatic heterocycles. The molecule has 1 aromatic rings. The van der Waals surface area contributed by atoms with Crippen LogP contribution in [0.15, 0.2) is 6.20 Å². The first kappa shape index (κ1) is 11.2. The number of hydrogen-bond donors (Lipinski definition) is 3. The monoisotopic (exact) mass is 209 g/mol. The molecule has 0 aromatic carbocycles. The molecule has 0 saturated heterocycles. The lowest BCUT2D eigenvalue weighted by molar-refractivity contribution is 0.249. The number of aryl methyl sites for hydroxylation is 2. The van der Waals surface area contributed by atoms with Crippen LogP contribution in [0, 0.1) is 13.8 Å². The first-order valence-electron chi connectivity index (χ1n) is 4.67. The van der Waals surface area contributed by atoms with Crippen molar-refractivity contribution in [3.63, 3.8) is 0 Å². The van der Waals surface area contributed by atoms with Gasteiger partial charge in [-0.05, 0) is 13.8 Å². The van der Waals surface area contributed by atoms with E-state index < -0.39 is 6.03 Å². The zero-order chi connectivity index (χ0) is 11.3. The van der Waals surface area contributed by atoms with Crippen LogP contribution in [0.3, 0.4) is 0 Å². The van der Waals surface area contributed by atoms with E-state index in [1.165, 1.54) is 0 Å². The topological polar surface area (TPSA) is 92.9 Å². The van der Waals surface area contributed by atoms with Gasteiger partial charge in [0, 0.05) is 13.1 Å². The van der Waals surface area contributed by atoms with Crippen molar-refractivity contribution in [2.45, 2.75) is 13.8 Å².